The maximum absolute atomic E-state index is 12.8. The van der Waals surface area contributed by atoms with Crippen LogP contribution < -0.4 is 5.56 Å². The molecule has 1 aromatic rings. The van der Waals surface area contributed by atoms with Crippen molar-refractivity contribution in [1.82, 2.24) is 9.55 Å². The second-order valence-electron chi connectivity index (χ2n) is 6.59. The normalized spacial score (nSPS) is 24.4. The zero-order valence-electron chi connectivity index (χ0n) is 12.9. The van der Waals surface area contributed by atoms with Gasteiger partial charge in [0, 0.05) is 25.3 Å². The van der Waals surface area contributed by atoms with Crippen LogP contribution in [-0.2, 0) is 24.2 Å². The Morgan fingerprint density at radius 2 is 2.05 bits per heavy atom. The number of aromatic nitrogens is 2. The molecule has 1 aliphatic carbocycles. The zero-order valence-corrected chi connectivity index (χ0v) is 13.7. The largest absolute Gasteiger partial charge is 0.296 e. The van der Waals surface area contributed by atoms with Gasteiger partial charge in [-0.15, -0.1) is 0 Å². The van der Waals surface area contributed by atoms with Gasteiger partial charge >= 0.3 is 0 Å². The van der Waals surface area contributed by atoms with Crippen molar-refractivity contribution in [2.75, 3.05) is 0 Å². The van der Waals surface area contributed by atoms with Crippen LogP contribution in [0.5, 0.6) is 0 Å². The summed E-state index contributed by atoms with van der Waals surface area (Å²) >= 11 is 1.45. The highest BCUT2D eigenvalue weighted by atomic mass is 32.2. The number of ketones is 1. The fourth-order valence-electron chi connectivity index (χ4n) is 3.64. The van der Waals surface area contributed by atoms with Crippen LogP contribution >= 0.6 is 11.8 Å². The third-order valence-corrected chi connectivity index (χ3v) is 6.27. The van der Waals surface area contributed by atoms with Crippen LogP contribution in [0.2, 0.25) is 0 Å². The number of nitrogens with zero attached hydrogens (tertiary/aromatic N) is 2. The first-order chi connectivity index (χ1) is 10.6. The van der Waals surface area contributed by atoms with Crippen molar-refractivity contribution in [3.05, 3.63) is 32.2 Å². The summed E-state index contributed by atoms with van der Waals surface area (Å²) in [5.41, 5.74) is 2.11. The van der Waals surface area contributed by atoms with Crippen LogP contribution in [0.15, 0.2) is 20.3 Å². The molecule has 0 bridgehead atoms. The number of carbonyl (C=O) groups excluding carboxylic acids is 1. The van der Waals surface area contributed by atoms with Crippen LogP contribution in [0.25, 0.3) is 0 Å². The molecule has 0 amide bonds. The Morgan fingerprint density at radius 3 is 2.91 bits per heavy atom. The van der Waals surface area contributed by atoms with Gasteiger partial charge in [0.05, 0.1) is 10.5 Å². The summed E-state index contributed by atoms with van der Waals surface area (Å²) < 4.78 is 1.88. The number of aryl methyl sites for hydroxylation is 1. The monoisotopic (exact) mass is 316 g/mol. The minimum absolute atomic E-state index is 0.106. The molecule has 4 nitrogen and oxygen atoms in total. The van der Waals surface area contributed by atoms with Crippen molar-refractivity contribution in [2.45, 2.75) is 63.4 Å². The summed E-state index contributed by atoms with van der Waals surface area (Å²) in [4.78, 5) is 30.9. The Morgan fingerprint density at radius 1 is 1.18 bits per heavy atom. The van der Waals surface area contributed by atoms with Crippen LogP contribution in [0.1, 0.15) is 50.4 Å². The molecule has 3 heterocycles. The van der Waals surface area contributed by atoms with Crippen LogP contribution in [0.4, 0.5) is 0 Å². The van der Waals surface area contributed by atoms with E-state index in [-0.39, 0.29) is 17.3 Å². The van der Waals surface area contributed by atoms with E-state index in [4.69, 9.17) is 4.98 Å². The number of hydrogen-bond donors (Lipinski definition) is 0. The fraction of sp³-hybridized carbons (Fsp3) is 0.588. The Kier molecular flexibility index (Phi) is 3.48. The summed E-state index contributed by atoms with van der Waals surface area (Å²) in [6.45, 7) is 2.79. The highest BCUT2D eigenvalue weighted by molar-refractivity contribution is 8.04. The number of rotatable bonds is 0. The van der Waals surface area contributed by atoms with E-state index in [1.165, 1.54) is 11.8 Å². The first-order valence-corrected chi connectivity index (χ1v) is 9.03. The fourth-order valence-corrected chi connectivity index (χ4v) is 4.89. The lowest BCUT2D eigenvalue weighted by Crippen LogP contribution is -2.31. The first kappa shape index (κ1) is 14.2. The van der Waals surface area contributed by atoms with Crippen molar-refractivity contribution < 1.29 is 4.79 Å². The summed E-state index contributed by atoms with van der Waals surface area (Å²) in [5, 5.41) is 0.791. The number of carbonyl (C=O) groups is 1. The zero-order chi connectivity index (χ0) is 15.3. The molecule has 1 aromatic heterocycles. The predicted octanol–water partition coefficient (Wildman–Crippen LogP) is 2.87. The van der Waals surface area contributed by atoms with Gasteiger partial charge in [0.1, 0.15) is 10.9 Å². The lowest BCUT2D eigenvalue weighted by atomic mass is 9.87. The van der Waals surface area contributed by atoms with Crippen molar-refractivity contribution >= 4 is 17.5 Å². The minimum atomic E-state index is 0.106. The topological polar surface area (TPSA) is 52.0 Å². The molecule has 0 radical (unpaired) electrons. The quantitative estimate of drug-likeness (QED) is 0.691. The molecule has 0 spiro atoms. The van der Waals surface area contributed by atoms with Gasteiger partial charge in [-0.25, -0.2) is 4.98 Å². The van der Waals surface area contributed by atoms with Gasteiger partial charge in [-0.1, -0.05) is 25.1 Å². The molecule has 0 aromatic carbocycles. The highest BCUT2D eigenvalue weighted by Gasteiger charge is 2.33. The van der Waals surface area contributed by atoms with E-state index in [1.54, 1.807) is 0 Å². The molecule has 116 valence electrons. The Hall–Kier alpha value is -1.36. The maximum atomic E-state index is 12.8. The first-order valence-electron chi connectivity index (χ1n) is 8.22. The van der Waals surface area contributed by atoms with Gasteiger partial charge in [-0.05, 0) is 31.3 Å². The van der Waals surface area contributed by atoms with E-state index in [0.717, 1.165) is 72.0 Å². The number of thioether (sulfide) groups is 1. The second kappa shape index (κ2) is 5.37. The molecule has 4 rings (SSSR count). The van der Waals surface area contributed by atoms with E-state index in [9.17, 15) is 9.59 Å². The number of hydrogen-bond acceptors (Lipinski definition) is 4. The number of allylic oxidation sites excluding steroid dienone is 2. The maximum Gasteiger partial charge on any atom is 0.258 e. The molecule has 3 aliphatic rings. The van der Waals surface area contributed by atoms with Gasteiger partial charge < -0.3 is 0 Å². The van der Waals surface area contributed by atoms with E-state index in [0.29, 0.717) is 6.42 Å². The molecule has 1 atom stereocenters. The Labute approximate surface area is 134 Å². The van der Waals surface area contributed by atoms with Crippen molar-refractivity contribution in [3.8, 4) is 0 Å². The molecule has 5 heteroatoms. The van der Waals surface area contributed by atoms with E-state index < -0.39 is 0 Å². The Balaban J connectivity index is 1.80. The molecule has 22 heavy (non-hydrogen) atoms. The molecule has 0 fully saturated rings. The molecule has 2 aliphatic heterocycles. The lowest BCUT2D eigenvalue weighted by molar-refractivity contribution is -0.118. The van der Waals surface area contributed by atoms with Gasteiger partial charge in [-0.3, -0.25) is 14.2 Å². The Bertz CT molecular complexity index is 748. The number of Topliss-reactive ketones (excluding diaryl/α,β-unsaturated/α-hetero) is 1. The highest BCUT2D eigenvalue weighted by Crippen LogP contribution is 2.42. The van der Waals surface area contributed by atoms with Gasteiger partial charge in [-0.2, -0.15) is 0 Å². The van der Waals surface area contributed by atoms with E-state index in [2.05, 4.69) is 0 Å². The second-order valence-corrected chi connectivity index (χ2v) is 7.59. The summed E-state index contributed by atoms with van der Waals surface area (Å²) in [6.07, 6.45) is 6.67. The smallest absolute Gasteiger partial charge is 0.258 e. The van der Waals surface area contributed by atoms with Crippen LogP contribution in [0.3, 0.4) is 0 Å². The standard InChI is InChI=1S/C17H20N2O2S/c1-10-6-7-11-9-12-16(22-15(11)14(10)20)18-13-5-3-2-4-8-19(13)17(12)21/h10H,2-9H2,1H3. The van der Waals surface area contributed by atoms with E-state index >= 15 is 0 Å². The molecular formula is C17H20N2O2S. The lowest BCUT2D eigenvalue weighted by Gasteiger charge is -2.28. The minimum Gasteiger partial charge on any atom is -0.296 e. The average molecular weight is 316 g/mol. The van der Waals surface area contributed by atoms with Crippen molar-refractivity contribution in [2.24, 2.45) is 5.92 Å². The van der Waals surface area contributed by atoms with Crippen LogP contribution in [0, 0.1) is 5.92 Å². The van der Waals surface area contributed by atoms with Gasteiger partial charge in [0.2, 0.25) is 0 Å². The van der Waals surface area contributed by atoms with Crippen molar-refractivity contribution in [3.63, 3.8) is 0 Å². The van der Waals surface area contributed by atoms with E-state index in [1.807, 2.05) is 11.5 Å². The summed E-state index contributed by atoms with van der Waals surface area (Å²) in [7, 11) is 0. The molecule has 0 N–H and O–H groups in total. The van der Waals surface area contributed by atoms with Crippen molar-refractivity contribution in [1.29, 1.82) is 0 Å². The summed E-state index contributed by atoms with van der Waals surface area (Å²) in [6, 6.07) is 0. The average Bonchev–Trinajstić information content (AvgIpc) is 2.76. The predicted molar refractivity (Wildman–Crippen MR) is 86.0 cm³/mol. The van der Waals surface area contributed by atoms with Crippen LogP contribution in [-0.4, -0.2) is 15.3 Å². The molecule has 0 saturated heterocycles. The third kappa shape index (κ3) is 2.18. The van der Waals surface area contributed by atoms with Gasteiger partial charge in [0.15, 0.2) is 5.78 Å². The third-order valence-electron chi connectivity index (χ3n) is 5.05. The van der Waals surface area contributed by atoms with Gasteiger partial charge in [0.25, 0.3) is 5.56 Å². The summed E-state index contributed by atoms with van der Waals surface area (Å²) in [5.74, 6) is 1.26. The molecular weight excluding hydrogens is 296 g/mol. The molecule has 1 unspecified atom stereocenters. The molecule has 0 saturated carbocycles. The number of fused-ring (bicyclic) bond motifs is 2. The SMILES string of the molecule is CC1CCC2=C(Sc3nc4n(c(=O)c3C2)CCCCC4)C1=O.